The Kier molecular flexibility index (Phi) is 3.28. The number of aldehydes is 1. The lowest BCUT2D eigenvalue weighted by molar-refractivity contribution is 0.112. The zero-order valence-electron chi connectivity index (χ0n) is 10.0. The number of anilines is 1. The summed E-state index contributed by atoms with van der Waals surface area (Å²) in [5, 5.41) is 0. The van der Waals surface area contributed by atoms with Crippen molar-refractivity contribution in [2.45, 2.75) is 32.7 Å². The largest absolute Gasteiger partial charge is 0.368 e. The molecule has 2 heteroatoms. The van der Waals surface area contributed by atoms with Gasteiger partial charge in [0.15, 0.2) is 6.29 Å². The van der Waals surface area contributed by atoms with Crippen LogP contribution < -0.4 is 4.90 Å². The summed E-state index contributed by atoms with van der Waals surface area (Å²) in [6.45, 7) is 5.59. The molecule has 1 aromatic rings. The number of hydrogen-bond donors (Lipinski definition) is 0. The van der Waals surface area contributed by atoms with E-state index in [1.807, 2.05) is 18.2 Å². The van der Waals surface area contributed by atoms with Gasteiger partial charge in [-0.25, -0.2) is 0 Å². The van der Waals surface area contributed by atoms with Crippen molar-refractivity contribution in [3.63, 3.8) is 0 Å². The maximum atomic E-state index is 11.0. The molecule has 1 aliphatic rings. The van der Waals surface area contributed by atoms with Crippen LogP contribution in [0.15, 0.2) is 24.3 Å². The van der Waals surface area contributed by atoms with Crippen molar-refractivity contribution in [2.75, 3.05) is 11.4 Å². The van der Waals surface area contributed by atoms with E-state index >= 15 is 0 Å². The van der Waals surface area contributed by atoms with E-state index in [9.17, 15) is 4.79 Å². The standard InChI is InChI=1S/C14H19NO/c1-11(2)13-8-5-9-15(13)14-7-4-3-6-12(14)10-16/h3-4,6-7,10-11,13H,5,8-9H2,1-2H3. The molecule has 1 unspecified atom stereocenters. The van der Waals surface area contributed by atoms with Gasteiger partial charge in [0.1, 0.15) is 0 Å². The Balaban J connectivity index is 2.32. The smallest absolute Gasteiger partial charge is 0.152 e. The zero-order chi connectivity index (χ0) is 11.5. The minimum atomic E-state index is 0.584. The summed E-state index contributed by atoms with van der Waals surface area (Å²) in [6.07, 6.45) is 3.44. The molecule has 16 heavy (non-hydrogen) atoms. The van der Waals surface area contributed by atoms with Crippen LogP contribution in [0.25, 0.3) is 0 Å². The highest BCUT2D eigenvalue weighted by molar-refractivity contribution is 5.84. The molecular formula is C14H19NO. The normalized spacial score (nSPS) is 20.4. The summed E-state index contributed by atoms with van der Waals surface area (Å²) in [6, 6.07) is 8.48. The second kappa shape index (κ2) is 4.69. The molecule has 0 spiro atoms. The Hall–Kier alpha value is -1.31. The fraction of sp³-hybridized carbons (Fsp3) is 0.500. The Morgan fingerprint density at radius 1 is 1.38 bits per heavy atom. The van der Waals surface area contributed by atoms with E-state index in [0.29, 0.717) is 12.0 Å². The zero-order valence-corrected chi connectivity index (χ0v) is 10.0. The predicted molar refractivity (Wildman–Crippen MR) is 67.0 cm³/mol. The van der Waals surface area contributed by atoms with Crippen LogP contribution in [0.2, 0.25) is 0 Å². The molecule has 1 aliphatic heterocycles. The summed E-state index contributed by atoms with van der Waals surface area (Å²) in [7, 11) is 0. The van der Waals surface area contributed by atoms with Gasteiger partial charge in [0, 0.05) is 23.8 Å². The van der Waals surface area contributed by atoms with Gasteiger partial charge in [-0.2, -0.15) is 0 Å². The molecule has 0 saturated carbocycles. The van der Waals surface area contributed by atoms with E-state index in [4.69, 9.17) is 0 Å². The molecule has 0 amide bonds. The molecular weight excluding hydrogens is 198 g/mol. The second-order valence-electron chi connectivity index (χ2n) is 4.82. The van der Waals surface area contributed by atoms with Crippen LogP contribution in [-0.2, 0) is 0 Å². The van der Waals surface area contributed by atoms with Gasteiger partial charge >= 0.3 is 0 Å². The monoisotopic (exact) mass is 217 g/mol. The van der Waals surface area contributed by atoms with E-state index in [2.05, 4.69) is 24.8 Å². The molecule has 0 aliphatic carbocycles. The van der Waals surface area contributed by atoms with Gasteiger partial charge in [0.05, 0.1) is 0 Å². The fourth-order valence-corrected chi connectivity index (χ4v) is 2.63. The number of rotatable bonds is 3. The molecule has 1 atom stereocenters. The van der Waals surface area contributed by atoms with Gasteiger partial charge in [-0.1, -0.05) is 26.0 Å². The summed E-state index contributed by atoms with van der Waals surface area (Å²) < 4.78 is 0. The van der Waals surface area contributed by atoms with Crippen molar-refractivity contribution in [3.8, 4) is 0 Å². The highest BCUT2D eigenvalue weighted by atomic mass is 16.1. The molecule has 2 nitrogen and oxygen atoms in total. The summed E-state index contributed by atoms with van der Waals surface area (Å²) in [5.74, 6) is 0.641. The first kappa shape index (κ1) is 11.2. The van der Waals surface area contributed by atoms with E-state index < -0.39 is 0 Å². The quantitative estimate of drug-likeness (QED) is 0.725. The molecule has 0 bridgehead atoms. The summed E-state index contributed by atoms with van der Waals surface area (Å²) >= 11 is 0. The third-order valence-electron chi connectivity index (χ3n) is 3.44. The third kappa shape index (κ3) is 1.97. The lowest BCUT2D eigenvalue weighted by Gasteiger charge is -2.30. The number of para-hydroxylation sites is 1. The van der Waals surface area contributed by atoms with Crippen LogP contribution in [0.4, 0.5) is 5.69 Å². The van der Waals surface area contributed by atoms with Crippen LogP contribution in [-0.4, -0.2) is 18.9 Å². The topological polar surface area (TPSA) is 20.3 Å². The molecule has 0 radical (unpaired) electrons. The Morgan fingerprint density at radius 3 is 2.81 bits per heavy atom. The van der Waals surface area contributed by atoms with Crippen LogP contribution in [0.1, 0.15) is 37.0 Å². The molecule has 1 heterocycles. The Morgan fingerprint density at radius 2 is 2.12 bits per heavy atom. The first-order valence-corrected chi connectivity index (χ1v) is 6.05. The van der Waals surface area contributed by atoms with Crippen LogP contribution >= 0.6 is 0 Å². The molecule has 1 aromatic carbocycles. The Bertz CT molecular complexity index is 373. The van der Waals surface area contributed by atoms with E-state index in [0.717, 1.165) is 24.1 Å². The van der Waals surface area contributed by atoms with Crippen LogP contribution in [0.3, 0.4) is 0 Å². The number of carbonyl (C=O) groups excluding carboxylic acids is 1. The van der Waals surface area contributed by atoms with Crippen molar-refractivity contribution in [1.29, 1.82) is 0 Å². The van der Waals surface area contributed by atoms with E-state index in [1.165, 1.54) is 12.8 Å². The Labute approximate surface area is 97.3 Å². The first-order chi connectivity index (χ1) is 7.74. The average Bonchev–Trinajstić information content (AvgIpc) is 2.77. The maximum Gasteiger partial charge on any atom is 0.152 e. The van der Waals surface area contributed by atoms with Gasteiger partial charge in [-0.3, -0.25) is 4.79 Å². The molecule has 0 aromatic heterocycles. The fourth-order valence-electron chi connectivity index (χ4n) is 2.63. The van der Waals surface area contributed by atoms with Crippen molar-refractivity contribution in [2.24, 2.45) is 5.92 Å². The highest BCUT2D eigenvalue weighted by Gasteiger charge is 2.28. The molecule has 1 fully saturated rings. The second-order valence-corrected chi connectivity index (χ2v) is 4.82. The SMILES string of the molecule is CC(C)C1CCCN1c1ccccc1C=O. The van der Waals surface area contributed by atoms with Crippen LogP contribution in [0, 0.1) is 5.92 Å². The minimum Gasteiger partial charge on any atom is -0.368 e. The lowest BCUT2D eigenvalue weighted by Crippen LogP contribution is -2.33. The van der Waals surface area contributed by atoms with Crippen molar-refractivity contribution in [3.05, 3.63) is 29.8 Å². The molecule has 1 saturated heterocycles. The minimum absolute atomic E-state index is 0.584. The number of carbonyl (C=O) groups is 1. The van der Waals surface area contributed by atoms with Crippen molar-refractivity contribution < 1.29 is 4.79 Å². The van der Waals surface area contributed by atoms with Gasteiger partial charge in [0.25, 0.3) is 0 Å². The molecule has 86 valence electrons. The van der Waals surface area contributed by atoms with Gasteiger partial charge < -0.3 is 4.90 Å². The number of nitrogens with zero attached hydrogens (tertiary/aromatic N) is 1. The van der Waals surface area contributed by atoms with E-state index in [-0.39, 0.29) is 0 Å². The number of benzene rings is 1. The third-order valence-corrected chi connectivity index (χ3v) is 3.44. The van der Waals surface area contributed by atoms with Gasteiger partial charge in [0.2, 0.25) is 0 Å². The molecule has 0 N–H and O–H groups in total. The first-order valence-electron chi connectivity index (χ1n) is 6.05. The lowest BCUT2D eigenvalue weighted by atomic mass is 10.0. The summed E-state index contributed by atoms with van der Waals surface area (Å²) in [5.41, 5.74) is 1.92. The maximum absolute atomic E-state index is 11.0. The van der Waals surface area contributed by atoms with Crippen molar-refractivity contribution >= 4 is 12.0 Å². The average molecular weight is 217 g/mol. The number of hydrogen-bond acceptors (Lipinski definition) is 2. The van der Waals surface area contributed by atoms with Crippen molar-refractivity contribution in [1.82, 2.24) is 0 Å². The summed E-state index contributed by atoms with van der Waals surface area (Å²) in [4.78, 5) is 13.4. The molecule has 2 rings (SSSR count). The van der Waals surface area contributed by atoms with Crippen LogP contribution in [0.5, 0.6) is 0 Å². The van der Waals surface area contributed by atoms with Gasteiger partial charge in [-0.15, -0.1) is 0 Å². The highest BCUT2D eigenvalue weighted by Crippen LogP contribution is 2.31. The van der Waals surface area contributed by atoms with Gasteiger partial charge in [-0.05, 0) is 30.9 Å². The predicted octanol–water partition coefficient (Wildman–Crippen LogP) is 3.12. The van der Waals surface area contributed by atoms with E-state index in [1.54, 1.807) is 0 Å².